The van der Waals surface area contributed by atoms with Crippen molar-refractivity contribution in [2.45, 2.75) is 31.1 Å². The molecule has 0 radical (unpaired) electrons. The SMILES string of the molecule is Cc1ccc(S(C)(=O)=O)cc1C(=O)NCC1(CCO)CC1. The molecular weight excluding hydrogens is 290 g/mol. The second-order valence-corrected chi connectivity index (χ2v) is 7.92. The minimum Gasteiger partial charge on any atom is -0.396 e. The van der Waals surface area contributed by atoms with Gasteiger partial charge in [-0.3, -0.25) is 4.79 Å². The van der Waals surface area contributed by atoms with Gasteiger partial charge in [-0.1, -0.05) is 6.07 Å². The van der Waals surface area contributed by atoms with Gasteiger partial charge >= 0.3 is 0 Å². The summed E-state index contributed by atoms with van der Waals surface area (Å²) in [4.78, 5) is 12.4. The predicted molar refractivity (Wildman–Crippen MR) is 80.0 cm³/mol. The van der Waals surface area contributed by atoms with Crippen molar-refractivity contribution in [1.82, 2.24) is 5.32 Å². The Bertz CT molecular complexity index is 648. The first-order chi connectivity index (χ1) is 9.77. The fourth-order valence-corrected chi connectivity index (χ4v) is 3.02. The van der Waals surface area contributed by atoms with Crippen LogP contribution >= 0.6 is 0 Å². The number of rotatable bonds is 6. The Labute approximate surface area is 125 Å². The van der Waals surface area contributed by atoms with Crippen LogP contribution in [0.2, 0.25) is 0 Å². The minimum atomic E-state index is -3.33. The lowest BCUT2D eigenvalue weighted by Crippen LogP contribution is -2.31. The largest absolute Gasteiger partial charge is 0.396 e. The molecule has 21 heavy (non-hydrogen) atoms. The summed E-state index contributed by atoms with van der Waals surface area (Å²) in [6, 6.07) is 4.58. The lowest BCUT2D eigenvalue weighted by atomic mass is 10.0. The number of carbonyl (C=O) groups excluding carboxylic acids is 1. The van der Waals surface area contributed by atoms with Gasteiger partial charge in [-0.25, -0.2) is 8.42 Å². The maximum Gasteiger partial charge on any atom is 0.251 e. The summed E-state index contributed by atoms with van der Waals surface area (Å²) in [6.45, 7) is 2.43. The summed E-state index contributed by atoms with van der Waals surface area (Å²) in [5, 5.41) is 11.9. The smallest absolute Gasteiger partial charge is 0.251 e. The van der Waals surface area contributed by atoms with Crippen molar-refractivity contribution in [1.29, 1.82) is 0 Å². The summed E-state index contributed by atoms with van der Waals surface area (Å²) in [5.41, 5.74) is 1.16. The molecule has 0 heterocycles. The van der Waals surface area contributed by atoms with Crippen molar-refractivity contribution >= 4 is 15.7 Å². The molecule has 1 aromatic carbocycles. The summed E-state index contributed by atoms with van der Waals surface area (Å²) < 4.78 is 23.1. The quantitative estimate of drug-likeness (QED) is 0.829. The topological polar surface area (TPSA) is 83.5 Å². The van der Waals surface area contributed by atoms with E-state index in [2.05, 4.69) is 5.32 Å². The van der Waals surface area contributed by atoms with E-state index in [4.69, 9.17) is 5.11 Å². The van der Waals surface area contributed by atoms with Crippen LogP contribution in [0.5, 0.6) is 0 Å². The third-order valence-corrected chi connectivity index (χ3v) is 5.22. The molecule has 2 N–H and O–H groups in total. The Morgan fingerprint density at radius 3 is 2.57 bits per heavy atom. The predicted octanol–water partition coefficient (Wildman–Crippen LogP) is 1.29. The van der Waals surface area contributed by atoms with Crippen LogP contribution in [-0.2, 0) is 9.84 Å². The number of aryl methyl sites for hydroxylation is 1. The lowest BCUT2D eigenvalue weighted by Gasteiger charge is -2.15. The zero-order valence-electron chi connectivity index (χ0n) is 12.3. The summed E-state index contributed by atoms with van der Waals surface area (Å²) >= 11 is 0. The van der Waals surface area contributed by atoms with Gasteiger partial charge in [0.2, 0.25) is 0 Å². The second-order valence-electron chi connectivity index (χ2n) is 5.91. The van der Waals surface area contributed by atoms with Crippen LogP contribution in [0.4, 0.5) is 0 Å². The Morgan fingerprint density at radius 2 is 2.05 bits per heavy atom. The average molecular weight is 311 g/mol. The lowest BCUT2D eigenvalue weighted by molar-refractivity contribution is 0.0940. The number of aliphatic hydroxyl groups is 1. The molecule has 5 nitrogen and oxygen atoms in total. The van der Waals surface area contributed by atoms with Crippen molar-refractivity contribution in [3.05, 3.63) is 29.3 Å². The molecule has 116 valence electrons. The molecule has 0 atom stereocenters. The van der Waals surface area contributed by atoms with Gasteiger partial charge < -0.3 is 10.4 Å². The highest BCUT2D eigenvalue weighted by molar-refractivity contribution is 7.90. The normalized spacial score (nSPS) is 16.5. The molecule has 0 saturated heterocycles. The Balaban J connectivity index is 2.12. The van der Waals surface area contributed by atoms with Crippen LogP contribution in [-0.4, -0.2) is 38.8 Å². The molecule has 0 unspecified atom stereocenters. The molecule has 0 aliphatic heterocycles. The number of hydrogen-bond acceptors (Lipinski definition) is 4. The minimum absolute atomic E-state index is 0.0345. The number of carbonyl (C=O) groups is 1. The number of sulfone groups is 1. The molecule has 1 aliphatic carbocycles. The zero-order valence-corrected chi connectivity index (χ0v) is 13.2. The monoisotopic (exact) mass is 311 g/mol. The number of amides is 1. The highest BCUT2D eigenvalue weighted by Crippen LogP contribution is 2.47. The molecule has 0 spiro atoms. The van der Waals surface area contributed by atoms with Gasteiger partial charge in [0, 0.05) is 25.0 Å². The van der Waals surface area contributed by atoms with E-state index in [1.807, 2.05) is 0 Å². The Hall–Kier alpha value is -1.40. The van der Waals surface area contributed by atoms with E-state index in [-0.39, 0.29) is 22.8 Å². The third-order valence-electron chi connectivity index (χ3n) is 4.10. The van der Waals surface area contributed by atoms with Gasteiger partial charge in [0.25, 0.3) is 5.91 Å². The van der Waals surface area contributed by atoms with Crippen LogP contribution in [0.15, 0.2) is 23.1 Å². The zero-order chi connectivity index (χ0) is 15.7. The van der Waals surface area contributed by atoms with Gasteiger partial charge in [0.05, 0.1) is 4.90 Å². The number of nitrogens with one attached hydrogen (secondary N) is 1. The number of hydrogen-bond donors (Lipinski definition) is 2. The molecule has 1 saturated carbocycles. The van der Waals surface area contributed by atoms with Crippen LogP contribution < -0.4 is 5.32 Å². The maximum atomic E-state index is 12.3. The van der Waals surface area contributed by atoms with E-state index < -0.39 is 9.84 Å². The van der Waals surface area contributed by atoms with E-state index in [9.17, 15) is 13.2 Å². The van der Waals surface area contributed by atoms with Gasteiger partial charge in [-0.15, -0.1) is 0 Å². The molecule has 1 aliphatic rings. The fourth-order valence-electron chi connectivity index (χ4n) is 2.37. The van der Waals surface area contributed by atoms with Crippen molar-refractivity contribution in [3.8, 4) is 0 Å². The standard InChI is InChI=1S/C15H21NO4S/c1-11-3-4-12(21(2,19)20)9-13(11)14(18)16-10-15(5-6-15)7-8-17/h3-4,9,17H,5-8,10H2,1-2H3,(H,16,18). The van der Waals surface area contributed by atoms with Gasteiger partial charge in [0.1, 0.15) is 0 Å². The van der Waals surface area contributed by atoms with Crippen molar-refractivity contribution in [3.63, 3.8) is 0 Å². The van der Waals surface area contributed by atoms with E-state index in [0.717, 1.165) is 24.7 Å². The van der Waals surface area contributed by atoms with Crippen LogP contribution in [0.1, 0.15) is 35.2 Å². The maximum absolute atomic E-state index is 12.3. The van der Waals surface area contributed by atoms with Crippen LogP contribution in [0.25, 0.3) is 0 Å². The Morgan fingerprint density at radius 1 is 1.38 bits per heavy atom. The fraction of sp³-hybridized carbons (Fsp3) is 0.533. The van der Waals surface area contributed by atoms with E-state index in [1.165, 1.54) is 12.1 Å². The van der Waals surface area contributed by atoms with Crippen molar-refractivity contribution < 1.29 is 18.3 Å². The second kappa shape index (κ2) is 5.77. The highest BCUT2D eigenvalue weighted by Gasteiger charge is 2.41. The van der Waals surface area contributed by atoms with E-state index >= 15 is 0 Å². The van der Waals surface area contributed by atoms with E-state index in [1.54, 1.807) is 13.0 Å². The average Bonchev–Trinajstić information content (AvgIpc) is 3.16. The summed E-state index contributed by atoms with van der Waals surface area (Å²) in [5.74, 6) is -0.262. The summed E-state index contributed by atoms with van der Waals surface area (Å²) in [7, 11) is -3.33. The molecular formula is C15H21NO4S. The molecule has 0 bridgehead atoms. The highest BCUT2D eigenvalue weighted by atomic mass is 32.2. The van der Waals surface area contributed by atoms with Gasteiger partial charge in [-0.2, -0.15) is 0 Å². The van der Waals surface area contributed by atoms with E-state index in [0.29, 0.717) is 18.5 Å². The molecule has 1 aromatic rings. The van der Waals surface area contributed by atoms with Gasteiger partial charge in [-0.05, 0) is 49.3 Å². The first-order valence-corrected chi connectivity index (χ1v) is 8.86. The Kier molecular flexibility index (Phi) is 4.39. The number of benzene rings is 1. The van der Waals surface area contributed by atoms with Crippen molar-refractivity contribution in [2.75, 3.05) is 19.4 Å². The van der Waals surface area contributed by atoms with Crippen molar-refractivity contribution in [2.24, 2.45) is 5.41 Å². The third kappa shape index (κ3) is 3.83. The molecule has 2 rings (SSSR count). The molecule has 6 heteroatoms. The number of aliphatic hydroxyl groups excluding tert-OH is 1. The molecule has 1 amide bonds. The molecule has 0 aromatic heterocycles. The molecule has 1 fully saturated rings. The summed E-state index contributed by atoms with van der Waals surface area (Å²) in [6.07, 6.45) is 3.84. The first-order valence-electron chi connectivity index (χ1n) is 6.97. The van der Waals surface area contributed by atoms with Gasteiger partial charge in [0.15, 0.2) is 9.84 Å². The first kappa shape index (κ1) is 16.0. The van der Waals surface area contributed by atoms with Crippen LogP contribution in [0, 0.1) is 12.3 Å². The van der Waals surface area contributed by atoms with Crippen LogP contribution in [0.3, 0.4) is 0 Å².